The van der Waals surface area contributed by atoms with Crippen molar-refractivity contribution in [2.24, 2.45) is 0 Å². The molecule has 0 radical (unpaired) electrons. The number of hydrogen-bond acceptors (Lipinski definition) is 3. The summed E-state index contributed by atoms with van der Waals surface area (Å²) < 4.78 is 18.6. The Morgan fingerprint density at radius 2 is 2.13 bits per heavy atom. The molecule has 2 amide bonds. The number of urea groups is 1. The fourth-order valence-electron chi connectivity index (χ4n) is 2.51. The third-order valence-electron chi connectivity index (χ3n) is 3.61. The SMILES string of the molecule is COc1cccc(NC(=O)N2CCSC2c2cccc(F)c2)c1. The van der Waals surface area contributed by atoms with E-state index < -0.39 is 0 Å². The van der Waals surface area contributed by atoms with Crippen molar-refractivity contribution in [3.05, 3.63) is 59.9 Å². The van der Waals surface area contributed by atoms with E-state index in [1.807, 2.05) is 18.2 Å². The molecule has 0 bridgehead atoms. The molecular weight excluding hydrogens is 315 g/mol. The van der Waals surface area contributed by atoms with E-state index in [0.29, 0.717) is 18.0 Å². The summed E-state index contributed by atoms with van der Waals surface area (Å²) in [5.74, 6) is 1.22. The predicted octanol–water partition coefficient (Wildman–Crippen LogP) is 4.11. The van der Waals surface area contributed by atoms with E-state index in [1.165, 1.54) is 12.1 Å². The molecule has 0 saturated carbocycles. The van der Waals surface area contributed by atoms with Crippen molar-refractivity contribution >= 4 is 23.5 Å². The minimum Gasteiger partial charge on any atom is -0.497 e. The molecule has 1 N–H and O–H groups in total. The Hall–Kier alpha value is -2.21. The summed E-state index contributed by atoms with van der Waals surface area (Å²) in [6.45, 7) is 0.627. The topological polar surface area (TPSA) is 41.6 Å². The number of rotatable bonds is 3. The number of hydrogen-bond donors (Lipinski definition) is 1. The highest BCUT2D eigenvalue weighted by Crippen LogP contribution is 2.38. The van der Waals surface area contributed by atoms with E-state index in [4.69, 9.17) is 4.74 Å². The quantitative estimate of drug-likeness (QED) is 0.919. The molecule has 1 unspecified atom stereocenters. The number of thioether (sulfide) groups is 1. The maximum Gasteiger partial charge on any atom is 0.323 e. The van der Waals surface area contributed by atoms with Crippen LogP contribution in [0.25, 0.3) is 0 Å². The molecule has 1 aliphatic rings. The van der Waals surface area contributed by atoms with Crippen molar-refractivity contribution in [3.8, 4) is 5.75 Å². The number of benzene rings is 2. The zero-order chi connectivity index (χ0) is 16.2. The van der Waals surface area contributed by atoms with Crippen LogP contribution in [0, 0.1) is 5.82 Å². The molecule has 0 spiro atoms. The Morgan fingerprint density at radius 1 is 1.30 bits per heavy atom. The van der Waals surface area contributed by atoms with Crippen LogP contribution in [0.1, 0.15) is 10.9 Å². The number of anilines is 1. The summed E-state index contributed by atoms with van der Waals surface area (Å²) in [7, 11) is 1.58. The maximum atomic E-state index is 13.4. The first-order valence-electron chi connectivity index (χ1n) is 7.26. The summed E-state index contributed by atoms with van der Waals surface area (Å²) >= 11 is 1.63. The highest BCUT2D eigenvalue weighted by Gasteiger charge is 2.30. The van der Waals surface area contributed by atoms with Gasteiger partial charge in [0.1, 0.15) is 16.9 Å². The third kappa shape index (κ3) is 3.59. The van der Waals surface area contributed by atoms with Gasteiger partial charge in [-0.2, -0.15) is 0 Å². The van der Waals surface area contributed by atoms with Gasteiger partial charge in [0.2, 0.25) is 0 Å². The van der Waals surface area contributed by atoms with Gasteiger partial charge in [-0.15, -0.1) is 11.8 Å². The molecule has 1 saturated heterocycles. The molecule has 23 heavy (non-hydrogen) atoms. The third-order valence-corrected chi connectivity index (χ3v) is 4.87. The summed E-state index contributed by atoms with van der Waals surface area (Å²) in [5, 5.41) is 2.70. The Bertz CT molecular complexity index is 710. The lowest BCUT2D eigenvalue weighted by atomic mass is 10.2. The fourth-order valence-corrected chi connectivity index (χ4v) is 3.76. The first kappa shape index (κ1) is 15.7. The smallest absolute Gasteiger partial charge is 0.323 e. The average Bonchev–Trinajstić information content (AvgIpc) is 3.05. The Balaban J connectivity index is 1.75. The van der Waals surface area contributed by atoms with Gasteiger partial charge >= 0.3 is 6.03 Å². The van der Waals surface area contributed by atoms with Crippen LogP contribution in [-0.4, -0.2) is 30.3 Å². The lowest BCUT2D eigenvalue weighted by Gasteiger charge is -2.24. The van der Waals surface area contributed by atoms with Crippen LogP contribution in [0.3, 0.4) is 0 Å². The van der Waals surface area contributed by atoms with Crippen LogP contribution in [-0.2, 0) is 0 Å². The summed E-state index contributed by atoms with van der Waals surface area (Å²) in [5.41, 5.74) is 1.47. The first-order valence-corrected chi connectivity index (χ1v) is 8.31. The number of halogens is 1. The van der Waals surface area contributed by atoms with Crippen LogP contribution < -0.4 is 10.1 Å². The van der Waals surface area contributed by atoms with E-state index in [9.17, 15) is 9.18 Å². The molecule has 0 aromatic heterocycles. The zero-order valence-electron chi connectivity index (χ0n) is 12.7. The summed E-state index contributed by atoms with van der Waals surface area (Å²) in [6, 6.07) is 13.4. The van der Waals surface area contributed by atoms with Crippen molar-refractivity contribution in [3.63, 3.8) is 0 Å². The molecule has 2 aromatic carbocycles. The van der Waals surface area contributed by atoms with Gasteiger partial charge in [-0.3, -0.25) is 0 Å². The van der Waals surface area contributed by atoms with E-state index in [0.717, 1.165) is 11.3 Å². The van der Waals surface area contributed by atoms with Crippen LogP contribution in [0.15, 0.2) is 48.5 Å². The minimum atomic E-state index is -0.289. The molecule has 3 rings (SSSR count). The molecule has 1 heterocycles. The summed E-state index contributed by atoms with van der Waals surface area (Å²) in [6.07, 6.45) is 0. The molecule has 1 atom stereocenters. The Labute approximate surface area is 138 Å². The number of methoxy groups -OCH3 is 1. The standard InChI is InChI=1S/C17H17FN2O2S/c1-22-15-7-3-6-14(11-15)19-17(21)20-8-9-23-16(20)12-4-2-5-13(18)10-12/h2-7,10-11,16H,8-9H2,1H3,(H,19,21). The number of amides is 2. The van der Waals surface area contributed by atoms with Gasteiger partial charge in [0.15, 0.2) is 0 Å². The van der Waals surface area contributed by atoms with Gasteiger partial charge < -0.3 is 15.0 Å². The number of nitrogens with one attached hydrogen (secondary N) is 1. The lowest BCUT2D eigenvalue weighted by molar-refractivity contribution is 0.214. The minimum absolute atomic E-state index is 0.170. The normalized spacial score (nSPS) is 17.1. The predicted molar refractivity (Wildman–Crippen MR) is 90.3 cm³/mol. The molecule has 6 heteroatoms. The van der Waals surface area contributed by atoms with Crippen molar-refractivity contribution in [2.45, 2.75) is 5.37 Å². The molecule has 120 valence electrons. The van der Waals surface area contributed by atoms with E-state index in [1.54, 1.807) is 42.0 Å². The molecule has 1 aliphatic heterocycles. The fraction of sp³-hybridized carbons (Fsp3) is 0.235. The highest BCUT2D eigenvalue weighted by atomic mass is 32.2. The summed E-state index contributed by atoms with van der Waals surface area (Å²) in [4.78, 5) is 14.3. The molecule has 2 aromatic rings. The van der Waals surface area contributed by atoms with Crippen LogP contribution >= 0.6 is 11.8 Å². The van der Waals surface area contributed by atoms with Gasteiger partial charge in [-0.25, -0.2) is 9.18 Å². The number of ether oxygens (including phenoxy) is 1. The number of carbonyl (C=O) groups excluding carboxylic acids is 1. The van der Waals surface area contributed by atoms with Gasteiger partial charge in [-0.05, 0) is 29.8 Å². The monoisotopic (exact) mass is 332 g/mol. The first-order chi connectivity index (χ1) is 11.2. The molecule has 1 fully saturated rings. The van der Waals surface area contributed by atoms with E-state index in [2.05, 4.69) is 5.32 Å². The second-order valence-corrected chi connectivity index (χ2v) is 6.32. The van der Waals surface area contributed by atoms with Crippen LogP contribution in [0.2, 0.25) is 0 Å². The van der Waals surface area contributed by atoms with Crippen molar-refractivity contribution < 1.29 is 13.9 Å². The molecule has 0 aliphatic carbocycles. The maximum absolute atomic E-state index is 13.4. The van der Waals surface area contributed by atoms with Crippen molar-refractivity contribution in [1.29, 1.82) is 0 Å². The number of carbonyl (C=O) groups is 1. The van der Waals surface area contributed by atoms with Crippen molar-refractivity contribution in [2.75, 3.05) is 24.7 Å². The Morgan fingerprint density at radius 3 is 2.91 bits per heavy atom. The average molecular weight is 332 g/mol. The molecular formula is C17H17FN2O2S. The van der Waals surface area contributed by atoms with Gasteiger partial charge in [0.25, 0.3) is 0 Å². The van der Waals surface area contributed by atoms with Gasteiger partial charge in [-0.1, -0.05) is 18.2 Å². The van der Waals surface area contributed by atoms with E-state index >= 15 is 0 Å². The largest absolute Gasteiger partial charge is 0.497 e. The second-order valence-electron chi connectivity index (χ2n) is 5.13. The lowest BCUT2D eigenvalue weighted by Crippen LogP contribution is -2.34. The van der Waals surface area contributed by atoms with Crippen LogP contribution in [0.4, 0.5) is 14.9 Å². The van der Waals surface area contributed by atoms with E-state index in [-0.39, 0.29) is 17.2 Å². The molecule has 4 nitrogen and oxygen atoms in total. The van der Waals surface area contributed by atoms with Gasteiger partial charge in [0, 0.05) is 24.1 Å². The zero-order valence-corrected chi connectivity index (χ0v) is 13.5. The van der Waals surface area contributed by atoms with Crippen LogP contribution in [0.5, 0.6) is 5.75 Å². The Kier molecular flexibility index (Phi) is 4.71. The second kappa shape index (κ2) is 6.91. The van der Waals surface area contributed by atoms with Gasteiger partial charge in [0.05, 0.1) is 7.11 Å². The van der Waals surface area contributed by atoms with Crippen molar-refractivity contribution in [1.82, 2.24) is 4.90 Å². The number of nitrogens with zero attached hydrogens (tertiary/aromatic N) is 1. The highest BCUT2D eigenvalue weighted by molar-refractivity contribution is 7.99.